The predicted octanol–water partition coefficient (Wildman–Crippen LogP) is 1.70. The molecule has 1 atom stereocenters. The van der Waals surface area contributed by atoms with Crippen molar-refractivity contribution < 1.29 is 14.3 Å². The van der Waals surface area contributed by atoms with Gasteiger partial charge < -0.3 is 14.4 Å². The van der Waals surface area contributed by atoms with Crippen LogP contribution in [0.25, 0.3) is 0 Å². The number of amides is 1. The summed E-state index contributed by atoms with van der Waals surface area (Å²) in [6.07, 6.45) is 2.01. The van der Waals surface area contributed by atoms with E-state index >= 15 is 0 Å². The molecule has 1 unspecified atom stereocenters. The van der Waals surface area contributed by atoms with Crippen LogP contribution in [-0.4, -0.2) is 43.2 Å². The van der Waals surface area contributed by atoms with Crippen LogP contribution in [0.4, 0.5) is 0 Å². The minimum absolute atomic E-state index is 0.0763. The van der Waals surface area contributed by atoms with Crippen molar-refractivity contribution in [1.82, 2.24) is 4.90 Å². The monoisotopic (exact) mass is 261 g/mol. The van der Waals surface area contributed by atoms with E-state index in [-0.39, 0.29) is 17.9 Å². The molecule has 102 valence electrons. The maximum atomic E-state index is 12.1. The first-order chi connectivity index (χ1) is 9.33. The van der Waals surface area contributed by atoms with Crippen molar-refractivity contribution in [3.63, 3.8) is 0 Å². The molecule has 2 fully saturated rings. The van der Waals surface area contributed by atoms with Crippen molar-refractivity contribution >= 4 is 5.91 Å². The highest BCUT2D eigenvalue weighted by molar-refractivity contribution is 5.81. The summed E-state index contributed by atoms with van der Waals surface area (Å²) in [7, 11) is 0. The second-order valence-electron chi connectivity index (χ2n) is 5.19. The van der Waals surface area contributed by atoms with E-state index in [0.717, 1.165) is 18.6 Å². The fourth-order valence-electron chi connectivity index (χ4n) is 2.33. The van der Waals surface area contributed by atoms with Crippen LogP contribution < -0.4 is 4.74 Å². The van der Waals surface area contributed by atoms with Gasteiger partial charge in [0.15, 0.2) is 0 Å². The summed E-state index contributed by atoms with van der Waals surface area (Å²) >= 11 is 0. The van der Waals surface area contributed by atoms with Crippen LogP contribution in [-0.2, 0) is 9.53 Å². The van der Waals surface area contributed by atoms with E-state index in [0.29, 0.717) is 26.3 Å². The molecule has 4 nitrogen and oxygen atoms in total. The Morgan fingerprint density at radius 1 is 1.26 bits per heavy atom. The van der Waals surface area contributed by atoms with Crippen LogP contribution in [0.1, 0.15) is 12.8 Å². The summed E-state index contributed by atoms with van der Waals surface area (Å²) < 4.78 is 11.4. The Kier molecular flexibility index (Phi) is 3.69. The van der Waals surface area contributed by atoms with Gasteiger partial charge in [0.2, 0.25) is 5.91 Å². The zero-order valence-corrected chi connectivity index (χ0v) is 11.0. The third kappa shape index (κ3) is 3.26. The average molecular weight is 261 g/mol. The van der Waals surface area contributed by atoms with E-state index in [1.165, 1.54) is 0 Å². The van der Waals surface area contributed by atoms with Gasteiger partial charge in [-0.3, -0.25) is 4.79 Å². The molecule has 0 radical (unpaired) electrons. The number of benzene rings is 1. The van der Waals surface area contributed by atoms with Crippen LogP contribution in [0.15, 0.2) is 30.3 Å². The maximum absolute atomic E-state index is 12.1. The molecule has 1 saturated carbocycles. The molecule has 1 saturated heterocycles. The normalized spacial score (nSPS) is 23.8. The van der Waals surface area contributed by atoms with E-state index in [1.54, 1.807) is 0 Å². The van der Waals surface area contributed by atoms with E-state index < -0.39 is 0 Å². The van der Waals surface area contributed by atoms with Crippen molar-refractivity contribution in [3.8, 4) is 5.75 Å². The Morgan fingerprint density at radius 2 is 2.05 bits per heavy atom. The molecular weight excluding hydrogens is 242 g/mol. The molecule has 19 heavy (non-hydrogen) atoms. The van der Waals surface area contributed by atoms with Gasteiger partial charge in [-0.15, -0.1) is 0 Å². The number of nitrogens with zero attached hydrogens (tertiary/aromatic N) is 1. The van der Waals surface area contributed by atoms with Gasteiger partial charge in [0, 0.05) is 12.5 Å². The zero-order chi connectivity index (χ0) is 13.1. The topological polar surface area (TPSA) is 38.8 Å². The molecule has 0 spiro atoms. The third-order valence-corrected chi connectivity index (χ3v) is 3.52. The number of rotatable bonds is 3. The van der Waals surface area contributed by atoms with Crippen LogP contribution in [0.2, 0.25) is 0 Å². The van der Waals surface area contributed by atoms with E-state index in [4.69, 9.17) is 9.47 Å². The zero-order valence-electron chi connectivity index (χ0n) is 11.0. The smallest absolute Gasteiger partial charge is 0.225 e. The summed E-state index contributed by atoms with van der Waals surface area (Å²) in [6, 6.07) is 9.70. The second-order valence-corrected chi connectivity index (χ2v) is 5.19. The predicted molar refractivity (Wildman–Crippen MR) is 71.0 cm³/mol. The fourth-order valence-corrected chi connectivity index (χ4v) is 2.33. The second kappa shape index (κ2) is 5.61. The molecule has 1 aromatic carbocycles. The van der Waals surface area contributed by atoms with Gasteiger partial charge >= 0.3 is 0 Å². The SMILES string of the molecule is O=C(C1CC1)N1CCOCC(Oc2ccccc2)C1. The molecule has 1 amide bonds. The fraction of sp³-hybridized carbons (Fsp3) is 0.533. The number of carbonyl (C=O) groups excluding carboxylic acids is 1. The Balaban J connectivity index is 1.62. The van der Waals surface area contributed by atoms with Crippen LogP contribution in [0, 0.1) is 5.92 Å². The summed E-state index contributed by atoms with van der Waals surface area (Å²) in [6.45, 7) is 2.46. The lowest BCUT2D eigenvalue weighted by atomic mass is 10.3. The molecular formula is C15H19NO3. The van der Waals surface area contributed by atoms with Gasteiger partial charge in [-0.1, -0.05) is 18.2 Å². The van der Waals surface area contributed by atoms with Crippen LogP contribution in [0.3, 0.4) is 0 Å². The van der Waals surface area contributed by atoms with E-state index in [9.17, 15) is 4.79 Å². The van der Waals surface area contributed by atoms with Crippen LogP contribution >= 0.6 is 0 Å². The quantitative estimate of drug-likeness (QED) is 0.831. The maximum Gasteiger partial charge on any atom is 0.225 e. The first-order valence-corrected chi connectivity index (χ1v) is 6.91. The number of carbonyl (C=O) groups is 1. The number of ether oxygens (including phenoxy) is 2. The molecule has 1 aliphatic heterocycles. The summed E-state index contributed by atoms with van der Waals surface area (Å²) in [5.74, 6) is 1.36. The minimum Gasteiger partial charge on any atom is -0.486 e. The summed E-state index contributed by atoms with van der Waals surface area (Å²) in [5, 5.41) is 0. The van der Waals surface area contributed by atoms with Crippen molar-refractivity contribution in [1.29, 1.82) is 0 Å². The highest BCUT2D eigenvalue weighted by Gasteiger charge is 2.35. The Morgan fingerprint density at radius 3 is 2.79 bits per heavy atom. The van der Waals surface area contributed by atoms with Crippen molar-refractivity contribution in [2.75, 3.05) is 26.3 Å². The number of hydrogen-bond acceptors (Lipinski definition) is 3. The Hall–Kier alpha value is -1.55. The number of hydrogen-bond donors (Lipinski definition) is 0. The molecule has 4 heteroatoms. The largest absolute Gasteiger partial charge is 0.486 e. The van der Waals surface area contributed by atoms with E-state index in [2.05, 4.69) is 0 Å². The molecule has 0 aromatic heterocycles. The molecule has 0 bridgehead atoms. The first-order valence-electron chi connectivity index (χ1n) is 6.91. The van der Waals surface area contributed by atoms with Crippen LogP contribution in [0.5, 0.6) is 5.75 Å². The number of para-hydroxylation sites is 1. The Labute approximate surface area is 113 Å². The Bertz CT molecular complexity index is 430. The van der Waals surface area contributed by atoms with Gasteiger partial charge in [-0.2, -0.15) is 0 Å². The van der Waals surface area contributed by atoms with Gasteiger partial charge in [-0.25, -0.2) is 0 Å². The van der Waals surface area contributed by atoms with Crippen molar-refractivity contribution in [3.05, 3.63) is 30.3 Å². The lowest BCUT2D eigenvalue weighted by Crippen LogP contribution is -2.40. The standard InChI is InChI=1S/C15H19NO3/c17-15(12-6-7-12)16-8-9-18-11-14(10-16)19-13-4-2-1-3-5-13/h1-5,12,14H,6-11H2. The van der Waals surface area contributed by atoms with Gasteiger partial charge in [0.1, 0.15) is 11.9 Å². The van der Waals surface area contributed by atoms with Gasteiger partial charge in [0.05, 0.1) is 19.8 Å². The van der Waals surface area contributed by atoms with Gasteiger partial charge in [-0.05, 0) is 25.0 Å². The molecule has 1 aromatic rings. The minimum atomic E-state index is -0.0763. The summed E-state index contributed by atoms with van der Waals surface area (Å²) in [4.78, 5) is 14.0. The lowest BCUT2D eigenvalue weighted by molar-refractivity contribution is -0.133. The molecule has 0 N–H and O–H groups in total. The summed E-state index contributed by atoms with van der Waals surface area (Å²) in [5.41, 5.74) is 0. The van der Waals surface area contributed by atoms with Crippen molar-refractivity contribution in [2.45, 2.75) is 18.9 Å². The molecule has 3 rings (SSSR count). The molecule has 1 heterocycles. The van der Waals surface area contributed by atoms with E-state index in [1.807, 2.05) is 35.2 Å². The molecule has 2 aliphatic rings. The highest BCUT2D eigenvalue weighted by atomic mass is 16.5. The highest BCUT2D eigenvalue weighted by Crippen LogP contribution is 2.31. The van der Waals surface area contributed by atoms with Crippen molar-refractivity contribution in [2.24, 2.45) is 5.92 Å². The average Bonchev–Trinajstić information content (AvgIpc) is 3.27. The first kappa shape index (κ1) is 12.5. The lowest BCUT2D eigenvalue weighted by Gasteiger charge is -2.24. The van der Waals surface area contributed by atoms with Gasteiger partial charge in [0.25, 0.3) is 0 Å². The third-order valence-electron chi connectivity index (χ3n) is 3.52. The molecule has 1 aliphatic carbocycles.